The molecule has 0 radical (unpaired) electrons. The Morgan fingerprint density at radius 1 is 1.43 bits per heavy atom. The molecule has 120 valence electrons. The molecule has 0 aromatic carbocycles. The number of carbonyl (C=O) groups excluding carboxylic acids is 1. The van der Waals surface area contributed by atoms with Gasteiger partial charge in [-0.05, 0) is 12.8 Å². The van der Waals surface area contributed by atoms with E-state index in [0.717, 1.165) is 11.3 Å². The molecule has 1 aromatic rings. The maximum absolute atomic E-state index is 12.2. The predicted octanol–water partition coefficient (Wildman–Crippen LogP) is 1.52. The Balaban J connectivity index is 2.59. The minimum Gasteiger partial charge on any atom is -0.351 e. The number of halogens is 3. The molecule has 1 aromatic heterocycles. The van der Waals surface area contributed by atoms with Crippen molar-refractivity contribution in [2.45, 2.75) is 39.5 Å². The minimum absolute atomic E-state index is 0.245. The van der Waals surface area contributed by atoms with Gasteiger partial charge in [-0.15, -0.1) is 0 Å². The monoisotopic (exact) mass is 306 g/mol. The van der Waals surface area contributed by atoms with Gasteiger partial charge in [0, 0.05) is 24.8 Å². The second kappa shape index (κ2) is 6.93. The molecular formula is C13H21F3N4O. The molecule has 21 heavy (non-hydrogen) atoms. The minimum atomic E-state index is -4.34. The summed E-state index contributed by atoms with van der Waals surface area (Å²) in [6.45, 7) is 4.31. The first-order valence-electron chi connectivity index (χ1n) is 6.67. The Morgan fingerprint density at radius 3 is 2.48 bits per heavy atom. The number of nitrogens with zero attached hydrogens (tertiary/aromatic N) is 2. The van der Waals surface area contributed by atoms with E-state index in [9.17, 15) is 18.0 Å². The number of amides is 1. The molecule has 1 heterocycles. The Bertz CT molecular complexity index is 482. The van der Waals surface area contributed by atoms with E-state index >= 15 is 0 Å². The van der Waals surface area contributed by atoms with E-state index in [2.05, 4.69) is 15.7 Å². The maximum Gasteiger partial charge on any atom is 0.401 e. The van der Waals surface area contributed by atoms with Crippen molar-refractivity contribution in [3.05, 3.63) is 17.5 Å². The summed E-state index contributed by atoms with van der Waals surface area (Å²) in [6, 6.07) is -0.886. The first kappa shape index (κ1) is 17.5. The fraction of sp³-hybridized carbons (Fsp3) is 0.692. The van der Waals surface area contributed by atoms with E-state index in [1.54, 1.807) is 31.8 Å². The zero-order chi connectivity index (χ0) is 16.2. The number of nitrogens with one attached hydrogen (secondary N) is 2. The average molecular weight is 306 g/mol. The van der Waals surface area contributed by atoms with E-state index in [0.29, 0.717) is 0 Å². The van der Waals surface area contributed by atoms with Crippen LogP contribution in [0.3, 0.4) is 0 Å². The van der Waals surface area contributed by atoms with Crippen LogP contribution >= 0.6 is 0 Å². The summed E-state index contributed by atoms with van der Waals surface area (Å²) >= 11 is 0. The fourth-order valence-electron chi connectivity index (χ4n) is 1.87. The van der Waals surface area contributed by atoms with Gasteiger partial charge in [-0.1, -0.05) is 13.8 Å². The molecule has 1 atom stereocenters. The van der Waals surface area contributed by atoms with Crippen LogP contribution in [0, 0.1) is 12.8 Å². The Labute approximate surface area is 121 Å². The van der Waals surface area contributed by atoms with E-state index in [-0.39, 0.29) is 12.5 Å². The van der Waals surface area contributed by atoms with Crippen molar-refractivity contribution >= 4 is 5.91 Å². The van der Waals surface area contributed by atoms with Crippen molar-refractivity contribution in [2.24, 2.45) is 13.0 Å². The van der Waals surface area contributed by atoms with Crippen molar-refractivity contribution in [3.8, 4) is 0 Å². The zero-order valence-electron chi connectivity index (χ0n) is 12.6. The smallest absolute Gasteiger partial charge is 0.351 e. The third kappa shape index (κ3) is 5.37. The third-order valence-corrected chi connectivity index (χ3v) is 3.26. The van der Waals surface area contributed by atoms with Gasteiger partial charge in [0.2, 0.25) is 5.91 Å². The molecule has 0 aliphatic rings. The second-order valence-corrected chi connectivity index (χ2v) is 5.31. The number of alkyl halides is 3. The van der Waals surface area contributed by atoms with Gasteiger partial charge >= 0.3 is 6.18 Å². The molecule has 1 amide bonds. The van der Waals surface area contributed by atoms with Crippen LogP contribution in [0.1, 0.15) is 25.1 Å². The summed E-state index contributed by atoms with van der Waals surface area (Å²) in [5, 5.41) is 8.95. The topological polar surface area (TPSA) is 59.0 Å². The van der Waals surface area contributed by atoms with Crippen LogP contribution in [0.5, 0.6) is 0 Å². The fourth-order valence-corrected chi connectivity index (χ4v) is 1.87. The van der Waals surface area contributed by atoms with Crippen LogP contribution in [-0.4, -0.2) is 34.5 Å². The molecule has 0 saturated carbocycles. The highest BCUT2D eigenvalue weighted by atomic mass is 19.4. The van der Waals surface area contributed by atoms with Crippen LogP contribution in [0.2, 0.25) is 0 Å². The van der Waals surface area contributed by atoms with Gasteiger partial charge in [-0.25, -0.2) is 0 Å². The maximum atomic E-state index is 12.2. The SMILES string of the molecule is Cc1c(CNC(=O)[C@@H](NCC(F)(F)F)C(C)C)cnn1C. The number of hydrogen-bond acceptors (Lipinski definition) is 3. The van der Waals surface area contributed by atoms with Crippen molar-refractivity contribution in [3.63, 3.8) is 0 Å². The molecule has 5 nitrogen and oxygen atoms in total. The lowest BCUT2D eigenvalue weighted by Crippen LogP contribution is -2.49. The van der Waals surface area contributed by atoms with Gasteiger partial charge in [0.25, 0.3) is 0 Å². The van der Waals surface area contributed by atoms with Gasteiger partial charge in [0.1, 0.15) is 0 Å². The molecule has 1 rings (SSSR count). The highest BCUT2D eigenvalue weighted by Crippen LogP contribution is 2.14. The molecule has 0 spiro atoms. The first-order valence-corrected chi connectivity index (χ1v) is 6.67. The summed E-state index contributed by atoms with van der Waals surface area (Å²) in [4.78, 5) is 12.0. The second-order valence-electron chi connectivity index (χ2n) is 5.31. The van der Waals surface area contributed by atoms with Gasteiger partial charge in [0.15, 0.2) is 0 Å². The number of hydrogen-bond donors (Lipinski definition) is 2. The molecular weight excluding hydrogens is 285 g/mol. The molecule has 0 bridgehead atoms. The van der Waals surface area contributed by atoms with Crippen LogP contribution in [0.15, 0.2) is 6.20 Å². The van der Waals surface area contributed by atoms with Crippen molar-refractivity contribution in [2.75, 3.05) is 6.54 Å². The summed E-state index contributed by atoms with van der Waals surface area (Å²) in [5.74, 6) is -0.695. The number of aryl methyl sites for hydroxylation is 1. The molecule has 0 fully saturated rings. The first-order chi connectivity index (χ1) is 9.61. The average Bonchev–Trinajstić information content (AvgIpc) is 2.66. The van der Waals surface area contributed by atoms with E-state index < -0.39 is 24.7 Å². The number of rotatable bonds is 6. The predicted molar refractivity (Wildman–Crippen MR) is 72.5 cm³/mol. The normalized spacial score (nSPS) is 13.5. The van der Waals surface area contributed by atoms with E-state index in [1.165, 1.54) is 0 Å². The zero-order valence-corrected chi connectivity index (χ0v) is 12.6. The van der Waals surface area contributed by atoms with Crippen molar-refractivity contribution in [1.82, 2.24) is 20.4 Å². The van der Waals surface area contributed by atoms with Crippen LogP contribution < -0.4 is 10.6 Å². The molecule has 0 aliphatic carbocycles. The summed E-state index contributed by atoms with van der Waals surface area (Å²) in [7, 11) is 1.78. The largest absolute Gasteiger partial charge is 0.401 e. The number of carbonyl (C=O) groups is 1. The van der Waals surface area contributed by atoms with Crippen LogP contribution in [0.4, 0.5) is 13.2 Å². The molecule has 8 heteroatoms. The Kier molecular flexibility index (Phi) is 5.77. The lowest BCUT2D eigenvalue weighted by atomic mass is 10.0. The standard InChI is InChI=1S/C13H21F3N4O/c1-8(2)11(18-7-13(14,15)16)12(21)17-5-10-6-19-20(4)9(10)3/h6,8,11,18H,5,7H2,1-4H3,(H,17,21)/t11-/m0/s1. The molecule has 0 aliphatic heterocycles. The third-order valence-electron chi connectivity index (χ3n) is 3.26. The van der Waals surface area contributed by atoms with Crippen molar-refractivity contribution in [1.29, 1.82) is 0 Å². The van der Waals surface area contributed by atoms with Crippen LogP contribution in [0.25, 0.3) is 0 Å². The van der Waals surface area contributed by atoms with Gasteiger partial charge in [-0.2, -0.15) is 18.3 Å². The van der Waals surface area contributed by atoms with Crippen LogP contribution in [-0.2, 0) is 18.4 Å². The summed E-state index contributed by atoms with van der Waals surface area (Å²) in [6.07, 6.45) is -2.71. The molecule has 0 unspecified atom stereocenters. The molecule has 2 N–H and O–H groups in total. The van der Waals surface area contributed by atoms with Crippen molar-refractivity contribution < 1.29 is 18.0 Å². The summed E-state index contributed by atoms with van der Waals surface area (Å²) < 4.78 is 38.4. The quantitative estimate of drug-likeness (QED) is 0.838. The van der Waals surface area contributed by atoms with E-state index in [1.807, 2.05) is 6.92 Å². The van der Waals surface area contributed by atoms with Gasteiger partial charge < -0.3 is 5.32 Å². The highest BCUT2D eigenvalue weighted by molar-refractivity contribution is 5.82. The van der Waals surface area contributed by atoms with Gasteiger partial charge in [0.05, 0.1) is 18.8 Å². The number of aromatic nitrogens is 2. The highest BCUT2D eigenvalue weighted by Gasteiger charge is 2.31. The summed E-state index contributed by atoms with van der Waals surface area (Å²) in [5.41, 5.74) is 1.74. The van der Waals surface area contributed by atoms with Gasteiger partial charge in [-0.3, -0.25) is 14.8 Å². The Hall–Kier alpha value is -1.57. The Morgan fingerprint density at radius 2 is 2.05 bits per heavy atom. The molecule has 0 saturated heterocycles. The van der Waals surface area contributed by atoms with E-state index in [4.69, 9.17) is 0 Å². The lowest BCUT2D eigenvalue weighted by molar-refractivity contribution is -0.133. The lowest BCUT2D eigenvalue weighted by Gasteiger charge is -2.22.